The molecule has 1 amide bonds. The van der Waals surface area contributed by atoms with Crippen LogP contribution < -0.4 is 9.80 Å². The van der Waals surface area contributed by atoms with E-state index in [1.165, 1.54) is 18.6 Å². The Hall–Kier alpha value is -2.73. The fraction of sp³-hybridized carbons (Fsp3) is 0.417. The molecule has 2 atom stereocenters. The molecular formula is C24H28FN3O2. The quantitative estimate of drug-likeness (QED) is 0.725. The van der Waals surface area contributed by atoms with Crippen molar-refractivity contribution in [3.63, 3.8) is 0 Å². The number of anilines is 2. The molecule has 5 nitrogen and oxygen atoms in total. The number of Topliss-reactive ketones (excluding diaryl/α,β-unsaturated/α-hetero) is 1. The minimum atomic E-state index is -0.372. The van der Waals surface area contributed by atoms with E-state index in [4.69, 9.17) is 0 Å². The first-order chi connectivity index (χ1) is 14.4. The van der Waals surface area contributed by atoms with Crippen molar-refractivity contribution in [2.24, 2.45) is 0 Å². The van der Waals surface area contributed by atoms with Gasteiger partial charge in [0.05, 0.1) is 11.7 Å². The van der Waals surface area contributed by atoms with Crippen molar-refractivity contribution in [3.05, 3.63) is 59.4 Å². The van der Waals surface area contributed by atoms with Gasteiger partial charge in [-0.15, -0.1) is 0 Å². The Kier molecular flexibility index (Phi) is 5.60. The smallest absolute Gasteiger partial charge is 0.244 e. The first-order valence-electron chi connectivity index (χ1n) is 10.6. The van der Waals surface area contributed by atoms with Gasteiger partial charge in [-0.3, -0.25) is 14.5 Å². The van der Waals surface area contributed by atoms with Crippen LogP contribution in [0.2, 0.25) is 0 Å². The van der Waals surface area contributed by atoms with Crippen LogP contribution in [0.4, 0.5) is 15.8 Å². The standard InChI is InChI=1S/C24H28FN3O2/c1-16-14-20-6-4-5-7-22(20)28(16)24(30)17(2)26-10-12-27(13-11-26)23-9-8-19(18(3)29)15-21(23)25/h4-9,15-17H,10-14H2,1-3H3/t16-,17+/m0/s1. The third-order valence-corrected chi connectivity index (χ3v) is 6.36. The maximum atomic E-state index is 14.5. The van der Waals surface area contributed by atoms with Gasteiger partial charge in [0, 0.05) is 43.5 Å². The first kappa shape index (κ1) is 20.5. The molecule has 0 unspecified atom stereocenters. The summed E-state index contributed by atoms with van der Waals surface area (Å²) in [5.41, 5.74) is 3.14. The molecule has 0 saturated carbocycles. The van der Waals surface area contributed by atoms with Gasteiger partial charge in [-0.1, -0.05) is 18.2 Å². The van der Waals surface area contributed by atoms with Crippen molar-refractivity contribution in [3.8, 4) is 0 Å². The van der Waals surface area contributed by atoms with Crippen LogP contribution in [-0.2, 0) is 11.2 Å². The summed E-state index contributed by atoms with van der Waals surface area (Å²) in [5.74, 6) is -0.393. The number of benzene rings is 2. The molecule has 158 valence electrons. The number of carbonyl (C=O) groups is 2. The molecule has 1 fully saturated rings. The average Bonchev–Trinajstić information content (AvgIpc) is 3.08. The van der Waals surface area contributed by atoms with Gasteiger partial charge in [0.2, 0.25) is 5.91 Å². The SMILES string of the molecule is CC(=O)c1ccc(N2CCN([C@H](C)C(=O)N3c4ccccc4C[C@@H]3C)CC2)c(F)c1. The molecule has 0 radical (unpaired) electrons. The highest BCUT2D eigenvalue weighted by atomic mass is 19.1. The van der Waals surface area contributed by atoms with Gasteiger partial charge in [0.15, 0.2) is 5.78 Å². The van der Waals surface area contributed by atoms with Gasteiger partial charge in [-0.25, -0.2) is 4.39 Å². The third kappa shape index (κ3) is 3.72. The van der Waals surface area contributed by atoms with Crippen LogP contribution in [0, 0.1) is 5.82 Å². The number of para-hydroxylation sites is 1. The highest BCUT2D eigenvalue weighted by Crippen LogP contribution is 2.33. The van der Waals surface area contributed by atoms with Crippen LogP contribution in [0.15, 0.2) is 42.5 Å². The Morgan fingerprint density at radius 1 is 1.03 bits per heavy atom. The number of piperazine rings is 1. The fourth-order valence-electron chi connectivity index (χ4n) is 4.59. The molecule has 2 aliphatic rings. The van der Waals surface area contributed by atoms with E-state index >= 15 is 0 Å². The maximum absolute atomic E-state index is 14.5. The lowest BCUT2D eigenvalue weighted by molar-refractivity contribution is -0.123. The van der Waals surface area contributed by atoms with E-state index in [1.54, 1.807) is 12.1 Å². The predicted octanol–water partition coefficient (Wildman–Crippen LogP) is 3.52. The lowest BCUT2D eigenvalue weighted by Crippen LogP contribution is -2.55. The van der Waals surface area contributed by atoms with Gasteiger partial charge >= 0.3 is 0 Å². The second-order valence-corrected chi connectivity index (χ2v) is 8.31. The highest BCUT2D eigenvalue weighted by molar-refractivity contribution is 5.99. The van der Waals surface area contributed by atoms with Crippen LogP contribution >= 0.6 is 0 Å². The number of fused-ring (bicyclic) bond motifs is 1. The molecule has 0 N–H and O–H groups in total. The number of ketones is 1. The lowest BCUT2D eigenvalue weighted by atomic mass is 10.1. The summed E-state index contributed by atoms with van der Waals surface area (Å²) >= 11 is 0. The molecule has 6 heteroatoms. The summed E-state index contributed by atoms with van der Waals surface area (Å²) < 4.78 is 14.5. The zero-order valence-corrected chi connectivity index (χ0v) is 17.8. The summed E-state index contributed by atoms with van der Waals surface area (Å²) in [6.45, 7) is 8.14. The molecule has 0 aromatic heterocycles. The maximum Gasteiger partial charge on any atom is 0.244 e. The number of rotatable bonds is 4. The molecule has 2 heterocycles. The van der Waals surface area contributed by atoms with Gasteiger partial charge < -0.3 is 9.80 Å². The molecule has 0 bridgehead atoms. The molecule has 30 heavy (non-hydrogen) atoms. The molecule has 2 aromatic rings. The van der Waals surface area contributed by atoms with Crippen LogP contribution in [0.25, 0.3) is 0 Å². The van der Waals surface area contributed by atoms with Crippen molar-refractivity contribution in [1.29, 1.82) is 0 Å². The van der Waals surface area contributed by atoms with E-state index < -0.39 is 0 Å². The molecule has 0 spiro atoms. The number of nitrogens with zero attached hydrogens (tertiary/aromatic N) is 3. The molecule has 4 rings (SSSR count). The van der Waals surface area contributed by atoms with E-state index in [0.29, 0.717) is 37.4 Å². The fourth-order valence-corrected chi connectivity index (χ4v) is 4.59. The van der Waals surface area contributed by atoms with Crippen molar-refractivity contribution in [2.75, 3.05) is 36.0 Å². The number of carbonyl (C=O) groups excluding carboxylic acids is 2. The van der Waals surface area contributed by atoms with E-state index in [-0.39, 0.29) is 29.6 Å². The summed E-state index contributed by atoms with van der Waals surface area (Å²) in [5, 5.41) is 0. The minimum Gasteiger partial charge on any atom is -0.367 e. The van der Waals surface area contributed by atoms with Gasteiger partial charge in [-0.2, -0.15) is 0 Å². The summed E-state index contributed by atoms with van der Waals surface area (Å²) in [6, 6.07) is 12.7. The lowest BCUT2D eigenvalue weighted by Gasteiger charge is -2.40. The van der Waals surface area contributed by atoms with Gasteiger partial charge in [-0.05, 0) is 57.0 Å². The molecule has 1 saturated heterocycles. The van der Waals surface area contributed by atoms with Crippen LogP contribution in [0.1, 0.15) is 36.7 Å². The Morgan fingerprint density at radius 3 is 2.40 bits per heavy atom. The molecule has 2 aliphatic heterocycles. The summed E-state index contributed by atoms with van der Waals surface area (Å²) in [7, 11) is 0. The molecule has 2 aromatic carbocycles. The van der Waals surface area contributed by atoms with E-state index in [0.717, 1.165) is 12.1 Å². The summed E-state index contributed by atoms with van der Waals surface area (Å²) in [6.07, 6.45) is 0.887. The highest BCUT2D eigenvalue weighted by Gasteiger charge is 2.36. The third-order valence-electron chi connectivity index (χ3n) is 6.36. The van der Waals surface area contributed by atoms with Gasteiger partial charge in [0.25, 0.3) is 0 Å². The predicted molar refractivity (Wildman–Crippen MR) is 117 cm³/mol. The largest absolute Gasteiger partial charge is 0.367 e. The van der Waals surface area contributed by atoms with Crippen LogP contribution in [0.5, 0.6) is 0 Å². The topological polar surface area (TPSA) is 43.9 Å². The monoisotopic (exact) mass is 409 g/mol. The van der Waals surface area contributed by atoms with Crippen LogP contribution in [0.3, 0.4) is 0 Å². The van der Waals surface area contributed by atoms with Crippen molar-refractivity contribution in [1.82, 2.24) is 4.90 Å². The Bertz CT molecular complexity index is 969. The zero-order valence-electron chi connectivity index (χ0n) is 17.8. The molecular weight excluding hydrogens is 381 g/mol. The second kappa shape index (κ2) is 8.19. The Morgan fingerprint density at radius 2 is 1.73 bits per heavy atom. The van der Waals surface area contributed by atoms with Crippen molar-refractivity contribution >= 4 is 23.1 Å². The van der Waals surface area contributed by atoms with E-state index in [2.05, 4.69) is 17.9 Å². The summed E-state index contributed by atoms with van der Waals surface area (Å²) in [4.78, 5) is 30.9. The second-order valence-electron chi connectivity index (χ2n) is 8.31. The minimum absolute atomic E-state index is 0.123. The Balaban J connectivity index is 1.42. The Labute approximate surface area is 177 Å². The number of halogens is 1. The van der Waals surface area contributed by atoms with E-state index in [9.17, 15) is 14.0 Å². The first-order valence-corrected chi connectivity index (χ1v) is 10.6. The van der Waals surface area contributed by atoms with Gasteiger partial charge in [0.1, 0.15) is 5.82 Å². The van der Waals surface area contributed by atoms with Crippen molar-refractivity contribution < 1.29 is 14.0 Å². The average molecular weight is 410 g/mol. The number of hydrogen-bond donors (Lipinski definition) is 0. The molecule has 0 aliphatic carbocycles. The number of amides is 1. The van der Waals surface area contributed by atoms with Crippen molar-refractivity contribution in [2.45, 2.75) is 39.3 Å². The zero-order chi connectivity index (χ0) is 21.4. The number of hydrogen-bond acceptors (Lipinski definition) is 4. The van der Waals surface area contributed by atoms with E-state index in [1.807, 2.05) is 34.9 Å². The van der Waals surface area contributed by atoms with Crippen LogP contribution in [-0.4, -0.2) is 54.9 Å². The normalized spacial score (nSPS) is 20.2.